The molecule has 30 heavy (non-hydrogen) atoms. The van der Waals surface area contributed by atoms with E-state index in [2.05, 4.69) is 26.2 Å². The first-order valence-corrected chi connectivity index (χ1v) is 11.1. The SMILES string of the molecule is Cc1cccc(NC(=O)CSc2nc3ccccc3c(=O)n2-c2ccc(Br)cc2)c1. The van der Waals surface area contributed by atoms with Crippen molar-refractivity contribution < 1.29 is 4.79 Å². The van der Waals surface area contributed by atoms with E-state index in [0.29, 0.717) is 21.7 Å². The first-order valence-electron chi connectivity index (χ1n) is 9.28. The van der Waals surface area contributed by atoms with E-state index in [-0.39, 0.29) is 17.2 Å². The average Bonchev–Trinajstić information content (AvgIpc) is 2.73. The average molecular weight is 480 g/mol. The Hall–Kier alpha value is -2.90. The summed E-state index contributed by atoms with van der Waals surface area (Å²) >= 11 is 4.65. The lowest BCUT2D eigenvalue weighted by Crippen LogP contribution is -2.23. The van der Waals surface area contributed by atoms with Gasteiger partial charge in [-0.05, 0) is 61.0 Å². The van der Waals surface area contributed by atoms with Gasteiger partial charge >= 0.3 is 0 Å². The highest BCUT2D eigenvalue weighted by molar-refractivity contribution is 9.10. The first-order chi connectivity index (χ1) is 14.5. The molecule has 1 aromatic heterocycles. The second kappa shape index (κ2) is 8.85. The molecule has 1 N–H and O–H groups in total. The Bertz CT molecular complexity index is 1290. The first kappa shape index (κ1) is 20.4. The molecule has 0 saturated carbocycles. The third kappa shape index (κ3) is 4.47. The predicted octanol–water partition coefficient (Wildman–Crippen LogP) is 5.19. The van der Waals surface area contributed by atoms with E-state index in [4.69, 9.17) is 0 Å². The molecule has 0 aliphatic heterocycles. The van der Waals surface area contributed by atoms with Crippen molar-refractivity contribution in [3.05, 3.63) is 93.2 Å². The van der Waals surface area contributed by atoms with E-state index >= 15 is 0 Å². The van der Waals surface area contributed by atoms with Crippen molar-refractivity contribution in [2.24, 2.45) is 0 Å². The number of halogens is 1. The minimum Gasteiger partial charge on any atom is -0.325 e. The van der Waals surface area contributed by atoms with E-state index in [1.54, 1.807) is 16.7 Å². The van der Waals surface area contributed by atoms with Crippen LogP contribution in [0.1, 0.15) is 5.56 Å². The molecule has 7 heteroatoms. The summed E-state index contributed by atoms with van der Waals surface area (Å²) < 4.78 is 2.47. The number of nitrogens with zero attached hydrogens (tertiary/aromatic N) is 2. The maximum Gasteiger partial charge on any atom is 0.266 e. The van der Waals surface area contributed by atoms with Gasteiger partial charge in [-0.25, -0.2) is 4.98 Å². The smallest absolute Gasteiger partial charge is 0.266 e. The van der Waals surface area contributed by atoms with Crippen LogP contribution in [0, 0.1) is 6.92 Å². The summed E-state index contributed by atoms with van der Waals surface area (Å²) in [6.07, 6.45) is 0. The van der Waals surface area contributed by atoms with Crippen molar-refractivity contribution in [1.29, 1.82) is 0 Å². The van der Waals surface area contributed by atoms with E-state index in [1.807, 2.05) is 67.6 Å². The zero-order chi connectivity index (χ0) is 21.1. The van der Waals surface area contributed by atoms with Crippen LogP contribution < -0.4 is 10.9 Å². The number of anilines is 1. The van der Waals surface area contributed by atoms with Gasteiger partial charge in [0, 0.05) is 10.2 Å². The number of hydrogen-bond donors (Lipinski definition) is 1. The fourth-order valence-electron chi connectivity index (χ4n) is 3.08. The van der Waals surface area contributed by atoms with Crippen molar-refractivity contribution in [2.45, 2.75) is 12.1 Å². The van der Waals surface area contributed by atoms with Gasteiger partial charge in [0.1, 0.15) is 0 Å². The number of rotatable bonds is 5. The molecule has 0 radical (unpaired) electrons. The Morgan fingerprint density at radius 2 is 1.83 bits per heavy atom. The molecule has 0 unspecified atom stereocenters. The number of carbonyl (C=O) groups is 1. The normalized spacial score (nSPS) is 10.9. The Balaban J connectivity index is 1.67. The molecular formula is C23H18BrN3O2S. The number of hydrogen-bond acceptors (Lipinski definition) is 4. The Morgan fingerprint density at radius 3 is 2.60 bits per heavy atom. The molecule has 0 spiro atoms. The van der Waals surface area contributed by atoms with Crippen LogP contribution in [0.3, 0.4) is 0 Å². The summed E-state index contributed by atoms with van der Waals surface area (Å²) in [4.78, 5) is 30.4. The van der Waals surface area contributed by atoms with Gasteiger partial charge in [0.15, 0.2) is 5.16 Å². The molecule has 0 aliphatic rings. The number of thioether (sulfide) groups is 1. The maximum absolute atomic E-state index is 13.2. The van der Waals surface area contributed by atoms with E-state index in [9.17, 15) is 9.59 Å². The van der Waals surface area contributed by atoms with Crippen LogP contribution in [0.15, 0.2) is 87.2 Å². The number of fused-ring (bicyclic) bond motifs is 1. The third-order valence-corrected chi connectivity index (χ3v) is 5.93. The van der Waals surface area contributed by atoms with E-state index < -0.39 is 0 Å². The van der Waals surface area contributed by atoms with Gasteiger partial charge in [-0.3, -0.25) is 14.2 Å². The molecule has 1 heterocycles. The van der Waals surface area contributed by atoms with E-state index in [1.165, 1.54) is 11.8 Å². The summed E-state index contributed by atoms with van der Waals surface area (Å²) in [5.74, 6) is -0.0229. The number of aromatic nitrogens is 2. The molecule has 0 bridgehead atoms. The van der Waals surface area contributed by atoms with Gasteiger partial charge in [-0.15, -0.1) is 0 Å². The summed E-state index contributed by atoms with van der Waals surface area (Å²) in [7, 11) is 0. The molecule has 150 valence electrons. The molecule has 0 aliphatic carbocycles. The highest BCUT2D eigenvalue weighted by Crippen LogP contribution is 2.23. The molecule has 4 aromatic rings. The van der Waals surface area contributed by atoms with Crippen LogP contribution in [-0.4, -0.2) is 21.2 Å². The standard InChI is InChI=1S/C23H18BrN3O2S/c1-15-5-4-6-17(13-15)25-21(28)14-30-23-26-20-8-3-2-7-19(20)22(29)27(23)18-11-9-16(24)10-12-18/h2-13H,14H2,1H3,(H,25,28). The van der Waals surface area contributed by atoms with Crippen LogP contribution in [0.4, 0.5) is 5.69 Å². The second-order valence-electron chi connectivity index (χ2n) is 6.73. The summed E-state index contributed by atoms with van der Waals surface area (Å²) in [5.41, 5.74) is 2.96. The zero-order valence-corrected chi connectivity index (χ0v) is 18.5. The molecule has 0 saturated heterocycles. The lowest BCUT2D eigenvalue weighted by Gasteiger charge is -2.13. The number of amides is 1. The summed E-state index contributed by atoms with van der Waals surface area (Å²) in [6.45, 7) is 1.97. The molecule has 0 atom stereocenters. The van der Waals surface area contributed by atoms with E-state index in [0.717, 1.165) is 15.7 Å². The minimum atomic E-state index is -0.162. The number of para-hydroxylation sites is 1. The molecule has 1 amide bonds. The van der Waals surface area contributed by atoms with Gasteiger partial charge in [0.2, 0.25) is 5.91 Å². The van der Waals surface area contributed by atoms with Crippen molar-refractivity contribution in [2.75, 3.05) is 11.1 Å². The fraction of sp³-hybridized carbons (Fsp3) is 0.0870. The summed E-state index contributed by atoms with van der Waals surface area (Å²) in [5, 5.41) is 3.90. The van der Waals surface area contributed by atoms with Crippen LogP contribution >= 0.6 is 27.7 Å². The minimum absolute atomic E-state index is 0.134. The predicted molar refractivity (Wildman–Crippen MR) is 126 cm³/mol. The third-order valence-electron chi connectivity index (χ3n) is 4.46. The molecular weight excluding hydrogens is 462 g/mol. The van der Waals surface area contributed by atoms with Crippen molar-refractivity contribution in [3.63, 3.8) is 0 Å². The highest BCUT2D eigenvalue weighted by Gasteiger charge is 2.15. The monoisotopic (exact) mass is 479 g/mol. The van der Waals surface area contributed by atoms with Gasteiger partial charge in [0.25, 0.3) is 5.56 Å². The maximum atomic E-state index is 13.2. The number of nitrogens with one attached hydrogen (secondary N) is 1. The number of benzene rings is 3. The Morgan fingerprint density at radius 1 is 1.07 bits per heavy atom. The van der Waals surface area contributed by atoms with Gasteiger partial charge in [-0.2, -0.15) is 0 Å². The molecule has 0 fully saturated rings. The largest absolute Gasteiger partial charge is 0.325 e. The quantitative estimate of drug-likeness (QED) is 0.316. The lowest BCUT2D eigenvalue weighted by atomic mass is 10.2. The van der Waals surface area contributed by atoms with Crippen molar-refractivity contribution in [1.82, 2.24) is 9.55 Å². The molecule has 5 nitrogen and oxygen atoms in total. The number of aryl methyl sites for hydroxylation is 1. The highest BCUT2D eigenvalue weighted by atomic mass is 79.9. The lowest BCUT2D eigenvalue weighted by molar-refractivity contribution is -0.113. The topological polar surface area (TPSA) is 64.0 Å². The van der Waals surface area contributed by atoms with Gasteiger partial charge < -0.3 is 5.32 Å². The summed E-state index contributed by atoms with van der Waals surface area (Å²) in [6, 6.07) is 22.3. The Labute approximate surface area is 186 Å². The van der Waals surface area contributed by atoms with Crippen LogP contribution in [0.25, 0.3) is 16.6 Å². The Kier molecular flexibility index (Phi) is 6.01. The van der Waals surface area contributed by atoms with Crippen molar-refractivity contribution in [3.8, 4) is 5.69 Å². The molecule has 3 aromatic carbocycles. The van der Waals surface area contributed by atoms with Crippen molar-refractivity contribution >= 4 is 50.2 Å². The van der Waals surface area contributed by atoms with Gasteiger partial charge in [-0.1, -0.05) is 52.0 Å². The second-order valence-corrected chi connectivity index (χ2v) is 8.59. The van der Waals surface area contributed by atoms with Crippen LogP contribution in [-0.2, 0) is 4.79 Å². The molecule has 4 rings (SSSR count). The zero-order valence-electron chi connectivity index (χ0n) is 16.1. The van der Waals surface area contributed by atoms with Crippen LogP contribution in [0.2, 0.25) is 0 Å². The number of carbonyl (C=O) groups excluding carboxylic acids is 1. The van der Waals surface area contributed by atoms with Crippen LogP contribution in [0.5, 0.6) is 0 Å². The fourth-order valence-corrected chi connectivity index (χ4v) is 4.15. The van der Waals surface area contributed by atoms with Gasteiger partial charge in [0.05, 0.1) is 22.3 Å².